The molecule has 0 aliphatic heterocycles. The molecule has 0 saturated heterocycles. The zero-order valence-electron chi connectivity index (χ0n) is 12.7. The van der Waals surface area contributed by atoms with Crippen molar-refractivity contribution in [2.45, 2.75) is 31.7 Å². The number of aryl methyl sites for hydroxylation is 1. The van der Waals surface area contributed by atoms with Crippen LogP contribution in [0.25, 0.3) is 0 Å². The Balaban J connectivity index is 1.63. The van der Waals surface area contributed by atoms with E-state index < -0.39 is 11.6 Å². The maximum absolute atomic E-state index is 13.7. The van der Waals surface area contributed by atoms with E-state index in [1.54, 1.807) is 0 Å². The third-order valence-corrected chi connectivity index (χ3v) is 4.56. The van der Waals surface area contributed by atoms with E-state index in [0.717, 1.165) is 25.0 Å². The smallest absolute Gasteiger partial charge is 0.129 e. The molecule has 1 unspecified atom stereocenters. The highest BCUT2D eigenvalue weighted by molar-refractivity contribution is 5.24. The number of hydrogen-bond acceptors (Lipinski definition) is 2. The highest BCUT2D eigenvalue weighted by Crippen LogP contribution is 2.22. The highest BCUT2D eigenvalue weighted by atomic mass is 19.1. The number of benzene rings is 1. The number of rotatable bonds is 4. The molecule has 0 spiro atoms. The Kier molecular flexibility index (Phi) is 4.48. The molecule has 0 bridgehead atoms. The highest BCUT2D eigenvalue weighted by Gasteiger charge is 2.23. The maximum atomic E-state index is 13.7. The van der Waals surface area contributed by atoms with Crippen LogP contribution < -0.4 is 0 Å². The van der Waals surface area contributed by atoms with Gasteiger partial charge in [0.1, 0.15) is 11.6 Å². The Morgan fingerprint density at radius 2 is 1.95 bits per heavy atom. The van der Waals surface area contributed by atoms with Crippen molar-refractivity contribution in [2.75, 3.05) is 13.6 Å². The van der Waals surface area contributed by atoms with Gasteiger partial charge in [-0.2, -0.15) is 0 Å². The van der Waals surface area contributed by atoms with Crippen molar-refractivity contribution in [1.82, 2.24) is 9.88 Å². The van der Waals surface area contributed by atoms with Gasteiger partial charge in [-0.05, 0) is 50.1 Å². The number of nitrogens with zero attached hydrogens (tertiary/aromatic N) is 2. The molecule has 22 heavy (non-hydrogen) atoms. The number of likely N-dealkylation sites (N-methyl/N-ethyl adjacent to an activating group) is 1. The molecule has 2 aromatic rings. The van der Waals surface area contributed by atoms with Gasteiger partial charge in [-0.15, -0.1) is 0 Å². The average Bonchev–Trinajstić information content (AvgIpc) is 2.53. The fraction of sp³-hybridized carbons (Fsp3) is 0.389. The van der Waals surface area contributed by atoms with Crippen LogP contribution in [0.15, 0.2) is 36.5 Å². The van der Waals surface area contributed by atoms with E-state index in [-0.39, 0.29) is 5.56 Å². The summed E-state index contributed by atoms with van der Waals surface area (Å²) in [6.45, 7) is 0.644. The molecular formula is C18H20F2N2. The van der Waals surface area contributed by atoms with Crippen LogP contribution in [0.3, 0.4) is 0 Å². The Labute approximate surface area is 129 Å². The van der Waals surface area contributed by atoms with Gasteiger partial charge in [0.15, 0.2) is 0 Å². The lowest BCUT2D eigenvalue weighted by molar-refractivity contribution is 0.221. The fourth-order valence-corrected chi connectivity index (χ4v) is 3.15. The minimum Gasteiger partial charge on any atom is -0.303 e. The SMILES string of the molecule is CN(CCc1c(F)cccc1F)C1CCc2cccnc2C1. The van der Waals surface area contributed by atoms with E-state index in [2.05, 4.69) is 16.0 Å². The molecular weight excluding hydrogens is 282 g/mol. The molecule has 1 aliphatic rings. The predicted octanol–water partition coefficient (Wildman–Crippen LogP) is 3.39. The number of hydrogen-bond donors (Lipinski definition) is 0. The molecule has 0 saturated carbocycles. The van der Waals surface area contributed by atoms with E-state index in [1.807, 2.05) is 19.3 Å². The molecule has 1 aromatic carbocycles. The molecule has 0 radical (unpaired) electrons. The number of fused-ring (bicyclic) bond motifs is 1. The first-order valence-electron chi connectivity index (χ1n) is 7.71. The van der Waals surface area contributed by atoms with Crippen molar-refractivity contribution in [3.05, 3.63) is 65.0 Å². The Hall–Kier alpha value is -1.81. The second kappa shape index (κ2) is 6.53. The fourth-order valence-electron chi connectivity index (χ4n) is 3.15. The van der Waals surface area contributed by atoms with Gasteiger partial charge < -0.3 is 4.90 Å². The zero-order valence-corrected chi connectivity index (χ0v) is 12.7. The lowest BCUT2D eigenvalue weighted by atomic mass is 9.91. The molecule has 116 valence electrons. The molecule has 0 fully saturated rings. The van der Waals surface area contributed by atoms with E-state index in [4.69, 9.17) is 0 Å². The lowest BCUT2D eigenvalue weighted by Crippen LogP contribution is -2.38. The quantitative estimate of drug-likeness (QED) is 0.860. The predicted molar refractivity (Wildman–Crippen MR) is 82.7 cm³/mol. The average molecular weight is 302 g/mol. The molecule has 1 atom stereocenters. The van der Waals surface area contributed by atoms with E-state index in [9.17, 15) is 8.78 Å². The van der Waals surface area contributed by atoms with Gasteiger partial charge in [0.05, 0.1) is 0 Å². The number of halogens is 2. The van der Waals surface area contributed by atoms with Gasteiger partial charge in [0, 0.05) is 36.5 Å². The van der Waals surface area contributed by atoms with Crippen LogP contribution in [0, 0.1) is 11.6 Å². The van der Waals surface area contributed by atoms with Crippen molar-refractivity contribution >= 4 is 0 Å². The maximum Gasteiger partial charge on any atom is 0.129 e. The van der Waals surface area contributed by atoms with Gasteiger partial charge in [-0.1, -0.05) is 12.1 Å². The molecule has 0 N–H and O–H groups in total. The Morgan fingerprint density at radius 1 is 1.18 bits per heavy atom. The summed E-state index contributed by atoms with van der Waals surface area (Å²) < 4.78 is 27.3. The molecule has 0 amide bonds. The van der Waals surface area contributed by atoms with Gasteiger partial charge in [-0.3, -0.25) is 4.98 Å². The minimum atomic E-state index is -0.455. The van der Waals surface area contributed by atoms with Gasteiger partial charge >= 0.3 is 0 Å². The molecule has 1 aromatic heterocycles. The monoisotopic (exact) mass is 302 g/mol. The summed E-state index contributed by atoms with van der Waals surface area (Å²) in [6, 6.07) is 8.54. The van der Waals surface area contributed by atoms with Crippen LogP contribution in [0.2, 0.25) is 0 Å². The van der Waals surface area contributed by atoms with Gasteiger partial charge in [0.2, 0.25) is 0 Å². The van der Waals surface area contributed by atoms with Crippen molar-refractivity contribution in [1.29, 1.82) is 0 Å². The summed E-state index contributed by atoms with van der Waals surface area (Å²) in [5.41, 5.74) is 2.67. The van der Waals surface area contributed by atoms with E-state index >= 15 is 0 Å². The number of pyridine rings is 1. The van der Waals surface area contributed by atoms with Crippen LogP contribution in [0.4, 0.5) is 8.78 Å². The Morgan fingerprint density at radius 3 is 2.73 bits per heavy atom. The third-order valence-electron chi connectivity index (χ3n) is 4.56. The summed E-state index contributed by atoms with van der Waals surface area (Å²) in [7, 11) is 2.03. The van der Waals surface area contributed by atoms with Crippen molar-refractivity contribution in [3.63, 3.8) is 0 Å². The first-order chi connectivity index (χ1) is 10.6. The van der Waals surface area contributed by atoms with E-state index in [1.165, 1.54) is 23.8 Å². The van der Waals surface area contributed by atoms with Crippen LogP contribution in [0.5, 0.6) is 0 Å². The van der Waals surface area contributed by atoms with Crippen LogP contribution in [-0.4, -0.2) is 29.5 Å². The standard InChI is InChI=1S/C18H20F2N2/c1-22(11-9-15-16(19)5-2-6-17(15)20)14-8-7-13-4-3-10-21-18(13)12-14/h2-6,10,14H,7-9,11-12H2,1H3. The largest absolute Gasteiger partial charge is 0.303 e. The summed E-state index contributed by atoms with van der Waals surface area (Å²) in [5.74, 6) is -0.909. The van der Waals surface area contributed by atoms with Crippen molar-refractivity contribution in [2.24, 2.45) is 0 Å². The van der Waals surface area contributed by atoms with Crippen molar-refractivity contribution in [3.8, 4) is 0 Å². The van der Waals surface area contributed by atoms with E-state index in [0.29, 0.717) is 19.0 Å². The summed E-state index contributed by atoms with van der Waals surface area (Å²) in [4.78, 5) is 6.65. The summed E-state index contributed by atoms with van der Waals surface area (Å²) in [6.07, 6.45) is 5.21. The topological polar surface area (TPSA) is 16.1 Å². The Bertz CT molecular complexity index is 637. The lowest BCUT2D eigenvalue weighted by Gasteiger charge is -2.32. The molecule has 2 nitrogen and oxygen atoms in total. The normalized spacial score (nSPS) is 17.5. The molecule has 1 heterocycles. The molecule has 1 aliphatic carbocycles. The molecule has 3 rings (SSSR count). The first kappa shape index (κ1) is 15.1. The number of aromatic nitrogens is 1. The third kappa shape index (κ3) is 3.17. The second-order valence-electron chi connectivity index (χ2n) is 5.94. The molecule has 4 heteroatoms. The van der Waals surface area contributed by atoms with Crippen LogP contribution in [0.1, 0.15) is 23.2 Å². The van der Waals surface area contributed by atoms with Gasteiger partial charge in [0.25, 0.3) is 0 Å². The second-order valence-corrected chi connectivity index (χ2v) is 5.94. The minimum absolute atomic E-state index is 0.184. The van der Waals surface area contributed by atoms with Gasteiger partial charge in [-0.25, -0.2) is 8.78 Å². The van der Waals surface area contributed by atoms with Crippen molar-refractivity contribution < 1.29 is 8.78 Å². The van der Waals surface area contributed by atoms with Crippen LogP contribution >= 0.6 is 0 Å². The zero-order chi connectivity index (χ0) is 15.5. The summed E-state index contributed by atoms with van der Waals surface area (Å²) in [5, 5.41) is 0. The summed E-state index contributed by atoms with van der Waals surface area (Å²) >= 11 is 0. The first-order valence-corrected chi connectivity index (χ1v) is 7.71. The van der Waals surface area contributed by atoms with Crippen LogP contribution in [-0.2, 0) is 19.3 Å².